The summed E-state index contributed by atoms with van der Waals surface area (Å²) in [7, 11) is 0. The van der Waals surface area contributed by atoms with Crippen molar-refractivity contribution >= 4 is 46.0 Å². The van der Waals surface area contributed by atoms with Gasteiger partial charge in [-0.25, -0.2) is 0 Å². The molecule has 3 nitrogen and oxygen atoms in total. The molecule has 0 radical (unpaired) electrons. The normalized spacial score (nSPS) is 13.9. The Hall–Kier alpha value is 0.01000. The van der Waals surface area contributed by atoms with Crippen LogP contribution in [0.5, 0.6) is 0 Å². The molecule has 0 aliphatic carbocycles. The maximum atomic E-state index is 10.6. The van der Waals surface area contributed by atoms with Crippen molar-refractivity contribution in [2.24, 2.45) is 0 Å². The molecular formula is C7H10Cl3NO2. The smallest absolute Gasteiger partial charge is 0.237 e. The molecule has 1 aliphatic rings. The zero-order valence-corrected chi connectivity index (χ0v) is 9.20. The lowest BCUT2D eigenvalue weighted by molar-refractivity contribution is -0.131. The molecule has 13 heavy (non-hydrogen) atoms. The molecular weight excluding hydrogens is 236 g/mol. The van der Waals surface area contributed by atoms with E-state index in [0.29, 0.717) is 0 Å². The summed E-state index contributed by atoms with van der Waals surface area (Å²) in [6.07, 6.45) is 1.14. The van der Waals surface area contributed by atoms with Gasteiger partial charge in [-0.3, -0.25) is 9.59 Å². The van der Waals surface area contributed by atoms with Crippen LogP contribution in [0.25, 0.3) is 0 Å². The van der Waals surface area contributed by atoms with Crippen LogP contribution in [0.2, 0.25) is 0 Å². The first kappa shape index (κ1) is 13.0. The Morgan fingerprint density at radius 1 is 1.15 bits per heavy atom. The summed E-state index contributed by atoms with van der Waals surface area (Å²) in [5.41, 5.74) is 0. The predicted octanol–water partition coefficient (Wildman–Crippen LogP) is 1.45. The molecule has 0 unspecified atom stereocenters. The molecule has 0 aromatic rings. The van der Waals surface area contributed by atoms with E-state index in [1.807, 2.05) is 0 Å². The minimum Gasteiger partial charge on any atom is -0.342 e. The number of halogens is 3. The van der Waals surface area contributed by atoms with E-state index < -0.39 is 5.24 Å². The van der Waals surface area contributed by atoms with Gasteiger partial charge in [0.2, 0.25) is 11.1 Å². The van der Waals surface area contributed by atoms with Crippen LogP contribution in [-0.2, 0) is 9.59 Å². The Kier molecular flexibility index (Phi) is 7.42. The first-order chi connectivity index (χ1) is 6.11. The van der Waals surface area contributed by atoms with Gasteiger partial charge in [0.05, 0.1) is 5.88 Å². The van der Waals surface area contributed by atoms with Crippen molar-refractivity contribution in [2.45, 2.75) is 6.42 Å². The van der Waals surface area contributed by atoms with E-state index in [4.69, 9.17) is 34.8 Å². The van der Waals surface area contributed by atoms with Crippen molar-refractivity contribution in [2.75, 3.05) is 24.8 Å². The third-order valence-corrected chi connectivity index (χ3v) is 2.17. The highest BCUT2D eigenvalue weighted by Gasteiger charge is 2.18. The second kappa shape index (κ2) is 7.42. The summed E-state index contributed by atoms with van der Waals surface area (Å²) in [6.45, 7) is 1.82. The highest BCUT2D eigenvalue weighted by Crippen LogP contribution is 2.05. The number of hydrogen-bond donors (Lipinski definition) is 0. The van der Waals surface area contributed by atoms with Gasteiger partial charge < -0.3 is 4.90 Å². The van der Waals surface area contributed by atoms with Crippen LogP contribution in [0.3, 0.4) is 0 Å². The van der Waals surface area contributed by atoms with E-state index in [1.54, 1.807) is 4.90 Å². The zero-order chi connectivity index (χ0) is 10.3. The standard InChI is InChI=1S/C5H8ClNO.C2H2Cl2O/c6-4-5(8)7-2-1-3-7;3-1-2(4)5/h1-4H2;1H2. The van der Waals surface area contributed by atoms with Gasteiger partial charge in [-0.05, 0) is 18.0 Å². The van der Waals surface area contributed by atoms with Gasteiger partial charge >= 0.3 is 0 Å². The van der Waals surface area contributed by atoms with Crippen LogP contribution >= 0.6 is 34.8 Å². The van der Waals surface area contributed by atoms with E-state index in [-0.39, 0.29) is 17.7 Å². The number of carbonyl (C=O) groups excluding carboxylic acids is 2. The molecule has 0 spiro atoms. The van der Waals surface area contributed by atoms with Gasteiger partial charge in [0.1, 0.15) is 5.88 Å². The molecule has 0 bridgehead atoms. The number of carbonyl (C=O) groups is 2. The van der Waals surface area contributed by atoms with E-state index in [1.165, 1.54) is 0 Å². The Balaban J connectivity index is 0.000000252. The summed E-state index contributed by atoms with van der Waals surface area (Å²) < 4.78 is 0. The quantitative estimate of drug-likeness (QED) is 0.546. The number of amides is 1. The molecule has 0 atom stereocenters. The van der Waals surface area contributed by atoms with Crippen LogP contribution < -0.4 is 0 Å². The summed E-state index contributed by atoms with van der Waals surface area (Å²) in [5, 5.41) is -0.508. The minimum absolute atomic E-state index is 0.0675. The zero-order valence-electron chi connectivity index (χ0n) is 6.93. The van der Waals surface area contributed by atoms with Gasteiger partial charge in [0.25, 0.3) is 0 Å². The van der Waals surface area contributed by atoms with Crippen molar-refractivity contribution in [3.8, 4) is 0 Å². The lowest BCUT2D eigenvalue weighted by Crippen LogP contribution is -2.42. The predicted molar refractivity (Wildman–Crippen MR) is 53.5 cm³/mol. The number of likely N-dealkylation sites (tertiary alicyclic amines) is 1. The number of rotatable bonds is 2. The maximum absolute atomic E-state index is 10.6. The monoisotopic (exact) mass is 245 g/mol. The van der Waals surface area contributed by atoms with Gasteiger partial charge in [-0.1, -0.05) is 0 Å². The molecule has 0 aromatic carbocycles. The first-order valence-electron chi connectivity index (χ1n) is 3.69. The molecule has 1 amide bonds. The Labute approximate surface area is 91.9 Å². The summed E-state index contributed by atoms with van der Waals surface area (Å²) >= 11 is 14.8. The molecule has 6 heteroatoms. The molecule has 1 rings (SSSR count). The highest BCUT2D eigenvalue weighted by molar-refractivity contribution is 6.67. The number of hydrogen-bond acceptors (Lipinski definition) is 2. The molecule has 0 saturated carbocycles. The van der Waals surface area contributed by atoms with Crippen molar-refractivity contribution in [3.63, 3.8) is 0 Å². The molecule has 1 aliphatic heterocycles. The Bertz CT molecular complexity index is 183. The second-order valence-electron chi connectivity index (χ2n) is 2.36. The number of alkyl halides is 2. The molecule has 1 saturated heterocycles. The minimum atomic E-state index is -0.508. The molecule has 1 heterocycles. The van der Waals surface area contributed by atoms with Crippen LogP contribution in [0.15, 0.2) is 0 Å². The van der Waals surface area contributed by atoms with E-state index in [0.717, 1.165) is 19.5 Å². The van der Waals surface area contributed by atoms with Gasteiger partial charge in [0.15, 0.2) is 0 Å². The van der Waals surface area contributed by atoms with Gasteiger partial charge in [-0.15, -0.1) is 23.2 Å². The summed E-state index contributed by atoms with van der Waals surface area (Å²) in [6, 6.07) is 0. The lowest BCUT2D eigenvalue weighted by atomic mass is 10.2. The van der Waals surface area contributed by atoms with Crippen LogP contribution in [0.4, 0.5) is 0 Å². The average molecular weight is 247 g/mol. The fraction of sp³-hybridized carbons (Fsp3) is 0.714. The van der Waals surface area contributed by atoms with Crippen molar-refractivity contribution in [3.05, 3.63) is 0 Å². The molecule has 0 aromatic heterocycles. The van der Waals surface area contributed by atoms with E-state index in [9.17, 15) is 9.59 Å². The second-order valence-corrected chi connectivity index (χ2v) is 3.31. The Morgan fingerprint density at radius 3 is 1.69 bits per heavy atom. The van der Waals surface area contributed by atoms with Crippen LogP contribution in [0.1, 0.15) is 6.42 Å². The topological polar surface area (TPSA) is 37.4 Å². The van der Waals surface area contributed by atoms with E-state index in [2.05, 4.69) is 0 Å². The van der Waals surface area contributed by atoms with E-state index >= 15 is 0 Å². The van der Waals surface area contributed by atoms with Crippen molar-refractivity contribution in [1.29, 1.82) is 0 Å². The van der Waals surface area contributed by atoms with Crippen molar-refractivity contribution in [1.82, 2.24) is 4.90 Å². The summed E-state index contributed by atoms with van der Waals surface area (Å²) in [5.74, 6) is 0.111. The van der Waals surface area contributed by atoms with Gasteiger partial charge in [0, 0.05) is 13.1 Å². The third-order valence-electron chi connectivity index (χ3n) is 1.43. The molecule has 0 N–H and O–H groups in total. The lowest BCUT2D eigenvalue weighted by Gasteiger charge is -2.29. The molecule has 76 valence electrons. The average Bonchev–Trinajstić information content (AvgIpc) is 2.02. The first-order valence-corrected chi connectivity index (χ1v) is 5.14. The fourth-order valence-electron chi connectivity index (χ4n) is 0.650. The maximum Gasteiger partial charge on any atom is 0.237 e. The SMILES string of the molecule is O=C(CCl)N1CCC1.O=C(Cl)CCl. The van der Waals surface area contributed by atoms with Crippen LogP contribution in [0, 0.1) is 0 Å². The largest absolute Gasteiger partial charge is 0.342 e. The molecule has 1 fully saturated rings. The highest BCUT2D eigenvalue weighted by atomic mass is 35.5. The van der Waals surface area contributed by atoms with Crippen molar-refractivity contribution < 1.29 is 9.59 Å². The van der Waals surface area contributed by atoms with Crippen LogP contribution in [-0.4, -0.2) is 40.9 Å². The summed E-state index contributed by atoms with van der Waals surface area (Å²) in [4.78, 5) is 21.8. The Morgan fingerprint density at radius 2 is 1.62 bits per heavy atom. The number of nitrogens with zero attached hydrogens (tertiary/aromatic N) is 1. The fourth-order valence-corrected chi connectivity index (χ4v) is 0.819. The van der Waals surface area contributed by atoms with Gasteiger partial charge in [-0.2, -0.15) is 0 Å². The third kappa shape index (κ3) is 6.13.